The summed E-state index contributed by atoms with van der Waals surface area (Å²) in [5.41, 5.74) is 0. The van der Waals surface area contributed by atoms with Crippen molar-refractivity contribution >= 4 is 17.7 Å². The highest BCUT2D eigenvalue weighted by Gasteiger charge is 2.02. The SMILES string of the molecule is O=C(CSc1ccc(F)cc1)NCCCOCCO. The monoisotopic (exact) mass is 287 g/mol. The van der Waals surface area contributed by atoms with Gasteiger partial charge in [0.2, 0.25) is 5.91 Å². The molecule has 0 radical (unpaired) electrons. The van der Waals surface area contributed by atoms with E-state index in [1.54, 1.807) is 12.1 Å². The molecule has 106 valence electrons. The summed E-state index contributed by atoms with van der Waals surface area (Å²) in [6.07, 6.45) is 0.715. The standard InChI is InChI=1S/C13H18FNO3S/c14-11-2-4-12(5-3-11)19-10-13(17)15-6-1-8-18-9-7-16/h2-5,16H,1,6-10H2,(H,15,17). The van der Waals surface area contributed by atoms with Gasteiger partial charge in [-0.2, -0.15) is 0 Å². The van der Waals surface area contributed by atoms with Gasteiger partial charge in [0.1, 0.15) is 5.82 Å². The summed E-state index contributed by atoms with van der Waals surface area (Å²) in [5.74, 6) is -0.0310. The van der Waals surface area contributed by atoms with E-state index in [0.717, 1.165) is 4.90 Å². The van der Waals surface area contributed by atoms with E-state index >= 15 is 0 Å². The number of aliphatic hydroxyl groups excluding tert-OH is 1. The number of carbonyl (C=O) groups excluding carboxylic acids is 1. The number of rotatable bonds is 9. The van der Waals surface area contributed by atoms with Gasteiger partial charge in [0.15, 0.2) is 0 Å². The number of nitrogens with one attached hydrogen (secondary N) is 1. The third kappa shape index (κ3) is 7.81. The second-order valence-electron chi connectivity index (χ2n) is 3.78. The molecule has 0 saturated heterocycles. The Morgan fingerprint density at radius 3 is 2.74 bits per heavy atom. The van der Waals surface area contributed by atoms with Crippen LogP contribution in [-0.2, 0) is 9.53 Å². The third-order valence-corrected chi connectivity index (χ3v) is 3.22. The quantitative estimate of drug-likeness (QED) is 0.533. The Morgan fingerprint density at radius 1 is 1.32 bits per heavy atom. The number of benzene rings is 1. The fourth-order valence-corrected chi connectivity index (χ4v) is 2.03. The number of ether oxygens (including phenoxy) is 1. The molecule has 0 fully saturated rings. The van der Waals surface area contributed by atoms with E-state index in [9.17, 15) is 9.18 Å². The highest BCUT2D eigenvalue weighted by molar-refractivity contribution is 8.00. The zero-order chi connectivity index (χ0) is 13.9. The van der Waals surface area contributed by atoms with E-state index in [2.05, 4.69) is 5.32 Å². The zero-order valence-corrected chi connectivity index (χ0v) is 11.4. The van der Waals surface area contributed by atoms with Gasteiger partial charge in [-0.1, -0.05) is 0 Å². The molecule has 1 aromatic carbocycles. The largest absolute Gasteiger partial charge is 0.394 e. The van der Waals surface area contributed by atoms with Gasteiger partial charge in [0, 0.05) is 18.0 Å². The van der Waals surface area contributed by atoms with E-state index in [-0.39, 0.29) is 18.3 Å². The molecule has 0 spiro atoms. The number of halogens is 1. The molecule has 0 bridgehead atoms. The van der Waals surface area contributed by atoms with E-state index < -0.39 is 0 Å². The molecule has 0 atom stereocenters. The topological polar surface area (TPSA) is 58.6 Å². The van der Waals surface area contributed by atoms with E-state index in [4.69, 9.17) is 9.84 Å². The predicted octanol–water partition coefficient (Wildman–Crippen LogP) is 1.43. The van der Waals surface area contributed by atoms with Crippen LogP contribution in [0, 0.1) is 5.82 Å². The maximum atomic E-state index is 12.7. The molecule has 1 amide bonds. The Balaban J connectivity index is 2.06. The summed E-state index contributed by atoms with van der Waals surface area (Å²) >= 11 is 1.37. The fourth-order valence-electron chi connectivity index (χ4n) is 1.30. The molecular formula is C13H18FNO3S. The molecule has 0 aliphatic carbocycles. The summed E-state index contributed by atoms with van der Waals surface area (Å²) in [7, 11) is 0. The maximum absolute atomic E-state index is 12.7. The van der Waals surface area contributed by atoms with Crippen LogP contribution < -0.4 is 5.32 Å². The molecule has 19 heavy (non-hydrogen) atoms. The Hall–Kier alpha value is -1.11. The molecular weight excluding hydrogens is 269 g/mol. The second kappa shape index (κ2) is 9.77. The highest BCUT2D eigenvalue weighted by Crippen LogP contribution is 2.17. The number of hydrogen-bond acceptors (Lipinski definition) is 4. The summed E-state index contributed by atoms with van der Waals surface area (Å²) in [5, 5.41) is 11.3. The van der Waals surface area contributed by atoms with Crippen LogP contribution in [0.2, 0.25) is 0 Å². The van der Waals surface area contributed by atoms with Crippen molar-refractivity contribution in [3.05, 3.63) is 30.1 Å². The molecule has 0 saturated carbocycles. The molecule has 1 aromatic rings. The zero-order valence-electron chi connectivity index (χ0n) is 10.6. The summed E-state index contributed by atoms with van der Waals surface area (Å²) < 4.78 is 17.7. The van der Waals surface area contributed by atoms with E-state index in [0.29, 0.717) is 31.9 Å². The van der Waals surface area contributed by atoms with Crippen LogP contribution >= 0.6 is 11.8 Å². The van der Waals surface area contributed by atoms with Gasteiger partial charge < -0.3 is 15.2 Å². The lowest BCUT2D eigenvalue weighted by Crippen LogP contribution is -2.26. The molecule has 1 rings (SSSR count). The molecule has 0 heterocycles. The summed E-state index contributed by atoms with van der Waals surface area (Å²) in [6, 6.07) is 6.05. The van der Waals surface area contributed by atoms with Crippen molar-refractivity contribution < 1.29 is 19.0 Å². The van der Waals surface area contributed by atoms with Crippen LogP contribution in [0.4, 0.5) is 4.39 Å². The normalized spacial score (nSPS) is 10.4. The molecule has 0 aliphatic rings. The maximum Gasteiger partial charge on any atom is 0.230 e. The van der Waals surface area contributed by atoms with Crippen LogP contribution in [0.25, 0.3) is 0 Å². The smallest absolute Gasteiger partial charge is 0.230 e. The molecule has 0 aromatic heterocycles. The van der Waals surface area contributed by atoms with Gasteiger partial charge >= 0.3 is 0 Å². The third-order valence-electron chi connectivity index (χ3n) is 2.21. The summed E-state index contributed by atoms with van der Waals surface area (Å²) in [4.78, 5) is 12.3. The Labute approximate surface area is 116 Å². The van der Waals surface area contributed by atoms with Crippen molar-refractivity contribution in [2.24, 2.45) is 0 Å². The molecule has 4 nitrogen and oxygen atoms in total. The first-order valence-corrected chi connectivity index (χ1v) is 7.04. The van der Waals surface area contributed by atoms with Gasteiger partial charge in [-0.25, -0.2) is 4.39 Å². The Kier molecular flexibility index (Phi) is 8.20. The van der Waals surface area contributed by atoms with Crippen molar-refractivity contribution in [3.8, 4) is 0 Å². The minimum atomic E-state index is -0.281. The predicted molar refractivity (Wildman–Crippen MR) is 72.7 cm³/mol. The Morgan fingerprint density at radius 2 is 2.05 bits per heavy atom. The van der Waals surface area contributed by atoms with Gasteiger partial charge in [0.05, 0.1) is 19.0 Å². The van der Waals surface area contributed by atoms with Gasteiger partial charge in [-0.3, -0.25) is 4.79 Å². The van der Waals surface area contributed by atoms with Gasteiger partial charge in [-0.15, -0.1) is 11.8 Å². The molecule has 0 aliphatic heterocycles. The first kappa shape index (κ1) is 15.9. The number of amides is 1. The first-order valence-electron chi connectivity index (χ1n) is 6.06. The number of thioether (sulfide) groups is 1. The number of hydrogen-bond donors (Lipinski definition) is 2. The van der Waals surface area contributed by atoms with Crippen LogP contribution in [-0.4, -0.2) is 43.1 Å². The van der Waals surface area contributed by atoms with Crippen molar-refractivity contribution in [3.63, 3.8) is 0 Å². The molecule has 0 unspecified atom stereocenters. The van der Waals surface area contributed by atoms with Crippen molar-refractivity contribution in [2.45, 2.75) is 11.3 Å². The van der Waals surface area contributed by atoms with Crippen LogP contribution in [0.3, 0.4) is 0 Å². The number of aliphatic hydroxyl groups is 1. The van der Waals surface area contributed by atoms with E-state index in [1.165, 1.54) is 23.9 Å². The van der Waals surface area contributed by atoms with Crippen LogP contribution in [0.5, 0.6) is 0 Å². The lowest BCUT2D eigenvalue weighted by Gasteiger charge is -2.05. The van der Waals surface area contributed by atoms with Gasteiger partial charge in [0.25, 0.3) is 0 Å². The first-order chi connectivity index (χ1) is 9.22. The van der Waals surface area contributed by atoms with Crippen LogP contribution in [0.15, 0.2) is 29.2 Å². The average Bonchev–Trinajstić information content (AvgIpc) is 2.42. The van der Waals surface area contributed by atoms with Crippen molar-refractivity contribution in [2.75, 3.05) is 32.1 Å². The lowest BCUT2D eigenvalue weighted by molar-refractivity contribution is -0.118. The lowest BCUT2D eigenvalue weighted by atomic mass is 10.4. The second-order valence-corrected chi connectivity index (χ2v) is 4.83. The average molecular weight is 287 g/mol. The molecule has 6 heteroatoms. The minimum Gasteiger partial charge on any atom is -0.394 e. The summed E-state index contributed by atoms with van der Waals surface area (Å²) in [6.45, 7) is 1.41. The van der Waals surface area contributed by atoms with Gasteiger partial charge in [-0.05, 0) is 30.7 Å². The Bertz CT molecular complexity index is 373. The number of carbonyl (C=O) groups is 1. The highest BCUT2D eigenvalue weighted by atomic mass is 32.2. The van der Waals surface area contributed by atoms with Crippen molar-refractivity contribution in [1.29, 1.82) is 0 Å². The molecule has 2 N–H and O–H groups in total. The fraction of sp³-hybridized carbons (Fsp3) is 0.462. The van der Waals surface area contributed by atoms with E-state index in [1.807, 2.05) is 0 Å². The van der Waals surface area contributed by atoms with Crippen molar-refractivity contribution in [1.82, 2.24) is 5.32 Å². The van der Waals surface area contributed by atoms with Crippen LogP contribution in [0.1, 0.15) is 6.42 Å². The minimum absolute atomic E-state index is 0.0146.